The molecule has 0 unspecified atom stereocenters. The molecule has 0 saturated heterocycles. The summed E-state index contributed by atoms with van der Waals surface area (Å²) < 4.78 is 1.94. The van der Waals surface area contributed by atoms with Crippen molar-refractivity contribution in [3.63, 3.8) is 0 Å². The van der Waals surface area contributed by atoms with Gasteiger partial charge in [0.15, 0.2) is 5.82 Å². The highest BCUT2D eigenvalue weighted by Crippen LogP contribution is 2.15. The number of nitrogens with zero attached hydrogens (tertiary/aromatic N) is 4. The maximum absolute atomic E-state index is 10.8. The van der Waals surface area contributed by atoms with Gasteiger partial charge in [0.2, 0.25) is 0 Å². The van der Waals surface area contributed by atoms with Crippen LogP contribution < -0.4 is 0 Å². The third kappa shape index (κ3) is 1.90. The molecule has 0 aromatic carbocycles. The lowest BCUT2D eigenvalue weighted by atomic mass is 10.4. The molecule has 0 amide bonds. The van der Waals surface area contributed by atoms with E-state index in [0.717, 1.165) is 5.69 Å². The van der Waals surface area contributed by atoms with Gasteiger partial charge in [0.05, 0.1) is 11.9 Å². The molecule has 6 nitrogen and oxygen atoms in total. The highest BCUT2D eigenvalue weighted by molar-refractivity contribution is 14.1. The van der Waals surface area contributed by atoms with Crippen LogP contribution in [0.1, 0.15) is 16.1 Å². The summed E-state index contributed by atoms with van der Waals surface area (Å²) in [6.07, 6.45) is 1.30. The predicted octanol–water partition coefficient (Wildman–Crippen LogP) is 1.27. The highest BCUT2D eigenvalue weighted by Gasteiger charge is 2.15. The maximum atomic E-state index is 10.8. The van der Waals surface area contributed by atoms with Crippen LogP contribution in [0.4, 0.5) is 0 Å². The van der Waals surface area contributed by atoms with Crippen LogP contribution in [0.25, 0.3) is 5.82 Å². The molecule has 0 fully saturated rings. The van der Waals surface area contributed by atoms with E-state index in [1.807, 2.05) is 29.5 Å². The minimum Gasteiger partial charge on any atom is -0.478 e. The van der Waals surface area contributed by atoms with Crippen LogP contribution in [-0.2, 0) is 0 Å². The summed E-state index contributed by atoms with van der Waals surface area (Å²) >= 11 is 1.92. The average molecular weight is 330 g/mol. The van der Waals surface area contributed by atoms with Crippen LogP contribution >= 0.6 is 22.6 Å². The second-order valence-electron chi connectivity index (χ2n) is 3.10. The molecule has 82 valence electrons. The zero-order valence-electron chi connectivity index (χ0n) is 8.25. The normalized spacial score (nSPS) is 10.4. The van der Waals surface area contributed by atoms with Gasteiger partial charge in [-0.05, 0) is 41.6 Å². The number of rotatable bonds is 2. The summed E-state index contributed by atoms with van der Waals surface area (Å²) in [6.45, 7) is 1.83. The van der Waals surface area contributed by atoms with Gasteiger partial charge in [-0.15, -0.1) is 5.10 Å². The van der Waals surface area contributed by atoms with E-state index in [-0.39, 0.29) is 5.56 Å². The van der Waals surface area contributed by atoms with E-state index in [0.29, 0.717) is 9.52 Å². The van der Waals surface area contributed by atoms with E-state index in [4.69, 9.17) is 5.11 Å². The van der Waals surface area contributed by atoms with Crippen molar-refractivity contribution in [2.75, 3.05) is 0 Å². The number of aromatic nitrogens is 4. The molecule has 0 aliphatic rings. The number of aryl methyl sites for hydroxylation is 1. The summed E-state index contributed by atoms with van der Waals surface area (Å²) in [7, 11) is 0. The molecular weight excluding hydrogens is 323 g/mol. The van der Waals surface area contributed by atoms with Gasteiger partial charge in [-0.25, -0.2) is 9.48 Å². The molecule has 16 heavy (non-hydrogen) atoms. The van der Waals surface area contributed by atoms with Crippen molar-refractivity contribution in [1.82, 2.24) is 20.0 Å². The Balaban J connectivity index is 2.49. The molecule has 0 bridgehead atoms. The predicted molar refractivity (Wildman–Crippen MR) is 63.6 cm³/mol. The number of hydrogen-bond acceptors (Lipinski definition) is 4. The van der Waals surface area contributed by atoms with Crippen molar-refractivity contribution in [2.45, 2.75) is 6.92 Å². The van der Waals surface area contributed by atoms with Gasteiger partial charge in [0.1, 0.15) is 9.26 Å². The van der Waals surface area contributed by atoms with Crippen LogP contribution in [0.5, 0.6) is 0 Å². The van der Waals surface area contributed by atoms with Gasteiger partial charge in [0.25, 0.3) is 0 Å². The second-order valence-corrected chi connectivity index (χ2v) is 4.12. The Kier molecular flexibility index (Phi) is 2.86. The number of halogens is 1. The fraction of sp³-hybridized carbons (Fsp3) is 0.111. The van der Waals surface area contributed by atoms with E-state index >= 15 is 0 Å². The molecule has 0 saturated carbocycles. The molecule has 2 aromatic heterocycles. The van der Waals surface area contributed by atoms with Crippen molar-refractivity contribution in [1.29, 1.82) is 0 Å². The molecule has 0 aliphatic heterocycles. The molecule has 0 aliphatic carbocycles. The second kappa shape index (κ2) is 4.16. The number of hydrogen-bond donors (Lipinski definition) is 1. The lowest BCUT2D eigenvalue weighted by Gasteiger charge is -2.01. The first-order valence-electron chi connectivity index (χ1n) is 4.37. The van der Waals surface area contributed by atoms with E-state index in [9.17, 15) is 4.79 Å². The fourth-order valence-electron chi connectivity index (χ4n) is 1.14. The third-order valence-corrected chi connectivity index (χ3v) is 2.98. The Morgan fingerprint density at radius 2 is 2.19 bits per heavy atom. The summed E-state index contributed by atoms with van der Waals surface area (Å²) in [6, 6.07) is 3.53. The van der Waals surface area contributed by atoms with E-state index in [2.05, 4.69) is 15.3 Å². The first kappa shape index (κ1) is 11.0. The van der Waals surface area contributed by atoms with Crippen molar-refractivity contribution >= 4 is 28.6 Å². The van der Waals surface area contributed by atoms with Gasteiger partial charge >= 0.3 is 5.97 Å². The summed E-state index contributed by atoms with van der Waals surface area (Å²) in [5.41, 5.74) is 0.951. The van der Waals surface area contributed by atoms with Crippen molar-refractivity contribution in [2.24, 2.45) is 0 Å². The zero-order valence-corrected chi connectivity index (χ0v) is 10.4. The molecule has 1 N–H and O–H groups in total. The topological polar surface area (TPSA) is 80.9 Å². The maximum Gasteiger partial charge on any atom is 0.340 e. The minimum atomic E-state index is -1.00. The summed E-state index contributed by atoms with van der Waals surface area (Å²) in [5.74, 6) is -0.502. The van der Waals surface area contributed by atoms with E-state index in [1.54, 1.807) is 12.1 Å². The smallest absolute Gasteiger partial charge is 0.340 e. The molecule has 0 radical (unpaired) electrons. The third-order valence-electron chi connectivity index (χ3n) is 1.94. The van der Waals surface area contributed by atoms with Crippen molar-refractivity contribution in [3.8, 4) is 5.82 Å². The van der Waals surface area contributed by atoms with Crippen LogP contribution in [0.2, 0.25) is 0 Å². The Morgan fingerprint density at radius 3 is 2.69 bits per heavy atom. The fourth-order valence-corrected chi connectivity index (χ4v) is 1.88. The van der Waals surface area contributed by atoms with Gasteiger partial charge < -0.3 is 5.11 Å². The average Bonchev–Trinajstić information content (AvgIpc) is 2.61. The summed E-state index contributed by atoms with van der Waals surface area (Å²) in [4.78, 5) is 10.8. The molecule has 0 atom stereocenters. The van der Waals surface area contributed by atoms with Gasteiger partial charge in [-0.1, -0.05) is 0 Å². The molecular formula is C9H7IN4O2. The van der Waals surface area contributed by atoms with Gasteiger partial charge in [-0.2, -0.15) is 10.2 Å². The SMILES string of the molecule is Cc1ccc(-n2ncc(C(=O)O)c2I)nn1. The first-order chi connectivity index (χ1) is 7.59. The molecule has 2 aromatic rings. The largest absolute Gasteiger partial charge is 0.478 e. The number of carboxylic acids is 1. The standard InChI is InChI=1S/C9H7IN4O2/c1-5-2-3-7(13-12-5)14-8(10)6(4-11-14)9(15)16/h2-4H,1H3,(H,15,16). The van der Waals surface area contributed by atoms with Gasteiger partial charge in [0, 0.05) is 0 Å². The van der Waals surface area contributed by atoms with Crippen LogP contribution in [-0.4, -0.2) is 31.1 Å². The number of carbonyl (C=O) groups is 1. The van der Waals surface area contributed by atoms with Crippen LogP contribution in [0.15, 0.2) is 18.3 Å². The number of carboxylic acid groups (broad SMARTS) is 1. The summed E-state index contributed by atoms with van der Waals surface area (Å²) in [5, 5.41) is 20.7. The minimum absolute atomic E-state index is 0.156. The first-order valence-corrected chi connectivity index (χ1v) is 5.45. The van der Waals surface area contributed by atoms with E-state index in [1.165, 1.54) is 10.9 Å². The zero-order chi connectivity index (χ0) is 11.7. The number of aromatic carboxylic acids is 1. The lowest BCUT2D eigenvalue weighted by Crippen LogP contribution is -2.05. The Morgan fingerprint density at radius 1 is 1.44 bits per heavy atom. The van der Waals surface area contributed by atoms with Crippen LogP contribution in [0.3, 0.4) is 0 Å². The highest BCUT2D eigenvalue weighted by atomic mass is 127. The van der Waals surface area contributed by atoms with Crippen molar-refractivity contribution < 1.29 is 9.90 Å². The van der Waals surface area contributed by atoms with Crippen molar-refractivity contribution in [3.05, 3.63) is 33.3 Å². The Hall–Kier alpha value is -1.51. The van der Waals surface area contributed by atoms with Gasteiger partial charge in [-0.3, -0.25) is 0 Å². The van der Waals surface area contributed by atoms with Crippen LogP contribution in [0, 0.1) is 10.6 Å². The van der Waals surface area contributed by atoms with E-state index < -0.39 is 5.97 Å². The molecule has 2 heterocycles. The monoisotopic (exact) mass is 330 g/mol. The lowest BCUT2D eigenvalue weighted by molar-refractivity contribution is 0.0695. The molecule has 2 rings (SSSR count). The Labute approximate surface area is 104 Å². The quantitative estimate of drug-likeness (QED) is 0.839. The molecule has 7 heteroatoms. The molecule has 0 spiro atoms. The Bertz CT molecular complexity index is 535.